The molecule has 242 valence electrons. The zero-order chi connectivity index (χ0) is 33.3. The standard InChI is InChI=1S/C38H31ClN2O6S/c1-47-31-15-12-21(17-30(31)42)33-26-13-14-27-32(36(45)40(34(27)43)20-25-11-6-16-48-25)28(26)19-29-35(44)41(24-10-5-9-23(39)18-24)37(46)38(29,33)22-7-3-2-4-8-22/h2-13,15-18,27-29,32-33,42H,14,19-20H2,1H3. The van der Waals surface area contributed by atoms with Crippen molar-refractivity contribution >= 4 is 52.3 Å². The first-order valence-corrected chi connectivity index (χ1v) is 17.1. The monoisotopic (exact) mass is 678 g/mol. The van der Waals surface area contributed by atoms with E-state index in [9.17, 15) is 19.5 Å². The summed E-state index contributed by atoms with van der Waals surface area (Å²) in [5.74, 6) is -4.42. The van der Waals surface area contributed by atoms with E-state index in [2.05, 4.69) is 0 Å². The Morgan fingerprint density at radius 2 is 1.73 bits per heavy atom. The Balaban J connectivity index is 1.34. The predicted octanol–water partition coefficient (Wildman–Crippen LogP) is 6.48. The van der Waals surface area contributed by atoms with Gasteiger partial charge in [0.25, 0.3) is 0 Å². The number of amides is 4. The molecule has 6 unspecified atom stereocenters. The molecular weight excluding hydrogens is 648 g/mol. The molecule has 10 heteroatoms. The number of thiophene rings is 1. The van der Waals surface area contributed by atoms with Crippen LogP contribution in [-0.2, 0) is 31.1 Å². The quantitative estimate of drug-likeness (QED) is 0.185. The predicted molar refractivity (Wildman–Crippen MR) is 181 cm³/mol. The number of benzene rings is 3. The van der Waals surface area contributed by atoms with E-state index in [1.54, 1.807) is 36.4 Å². The molecule has 2 saturated heterocycles. The highest BCUT2D eigenvalue weighted by atomic mass is 35.5. The van der Waals surface area contributed by atoms with Gasteiger partial charge in [-0.05, 0) is 71.7 Å². The maximum atomic E-state index is 15.2. The van der Waals surface area contributed by atoms with Crippen LogP contribution in [0.2, 0.25) is 5.02 Å². The highest BCUT2D eigenvalue weighted by molar-refractivity contribution is 7.09. The molecule has 6 atom stereocenters. The average Bonchev–Trinajstić information content (AvgIpc) is 3.76. The fourth-order valence-electron chi connectivity index (χ4n) is 8.78. The van der Waals surface area contributed by atoms with Crippen LogP contribution in [0.15, 0.2) is 102 Å². The van der Waals surface area contributed by atoms with Crippen molar-refractivity contribution in [2.24, 2.45) is 23.7 Å². The smallest absolute Gasteiger partial charge is 0.246 e. The Kier molecular flexibility index (Phi) is 7.30. The first kappa shape index (κ1) is 30.6. The van der Waals surface area contributed by atoms with Crippen molar-refractivity contribution in [2.45, 2.75) is 30.7 Å². The number of aromatic hydroxyl groups is 1. The number of ether oxygens (including phenoxy) is 1. The molecule has 3 aromatic carbocycles. The highest BCUT2D eigenvalue weighted by Gasteiger charge is 2.70. The van der Waals surface area contributed by atoms with Crippen molar-refractivity contribution < 1.29 is 29.0 Å². The summed E-state index contributed by atoms with van der Waals surface area (Å²) in [5, 5.41) is 13.3. The topological polar surface area (TPSA) is 104 Å². The first-order valence-electron chi connectivity index (χ1n) is 15.9. The Morgan fingerprint density at radius 3 is 2.44 bits per heavy atom. The number of carbonyl (C=O) groups is 4. The number of rotatable bonds is 6. The molecule has 8 nitrogen and oxygen atoms in total. The first-order chi connectivity index (χ1) is 23.2. The van der Waals surface area contributed by atoms with Crippen LogP contribution >= 0.6 is 22.9 Å². The van der Waals surface area contributed by atoms with Crippen LogP contribution in [0.5, 0.6) is 11.5 Å². The number of nitrogens with zero attached hydrogens (tertiary/aromatic N) is 2. The third-order valence-electron chi connectivity index (χ3n) is 10.7. The van der Waals surface area contributed by atoms with Gasteiger partial charge in [-0.1, -0.05) is 71.8 Å². The number of imide groups is 2. The molecular formula is C38H31ClN2O6S. The van der Waals surface area contributed by atoms with Crippen molar-refractivity contribution in [3.05, 3.63) is 123 Å². The van der Waals surface area contributed by atoms with Crippen LogP contribution in [0.4, 0.5) is 5.69 Å². The maximum absolute atomic E-state index is 15.2. The Hall–Kier alpha value is -4.73. The summed E-state index contributed by atoms with van der Waals surface area (Å²) in [7, 11) is 1.46. The summed E-state index contributed by atoms with van der Waals surface area (Å²) in [4.78, 5) is 61.6. The Labute approximate surface area is 286 Å². The van der Waals surface area contributed by atoms with E-state index in [0.29, 0.717) is 28.3 Å². The Morgan fingerprint density at radius 1 is 0.917 bits per heavy atom. The molecule has 48 heavy (non-hydrogen) atoms. The van der Waals surface area contributed by atoms with Crippen molar-refractivity contribution in [1.82, 2.24) is 4.90 Å². The van der Waals surface area contributed by atoms with Gasteiger partial charge in [0, 0.05) is 15.8 Å². The Bertz CT molecular complexity index is 2010. The van der Waals surface area contributed by atoms with Gasteiger partial charge in [-0.2, -0.15) is 0 Å². The number of anilines is 1. The lowest BCUT2D eigenvalue weighted by Crippen LogP contribution is -2.53. The van der Waals surface area contributed by atoms with Gasteiger partial charge in [-0.25, -0.2) is 4.90 Å². The lowest BCUT2D eigenvalue weighted by molar-refractivity contribution is -0.141. The molecule has 1 N–H and O–H groups in total. The third-order valence-corrected chi connectivity index (χ3v) is 11.8. The molecule has 2 aliphatic heterocycles. The minimum Gasteiger partial charge on any atom is -0.504 e. The molecule has 4 aliphatic rings. The van der Waals surface area contributed by atoms with E-state index in [-0.39, 0.29) is 42.2 Å². The number of carbonyl (C=O) groups excluding carboxylic acids is 4. The van der Waals surface area contributed by atoms with Gasteiger partial charge in [-0.3, -0.25) is 24.1 Å². The van der Waals surface area contributed by atoms with E-state index >= 15 is 4.79 Å². The molecule has 3 fully saturated rings. The number of phenols is 1. The van der Waals surface area contributed by atoms with Crippen molar-refractivity contribution in [3.8, 4) is 11.5 Å². The molecule has 1 saturated carbocycles. The highest BCUT2D eigenvalue weighted by Crippen LogP contribution is 2.64. The number of fused-ring (bicyclic) bond motifs is 4. The molecule has 8 rings (SSSR count). The van der Waals surface area contributed by atoms with E-state index in [0.717, 1.165) is 10.5 Å². The second-order valence-corrected chi connectivity index (χ2v) is 14.3. The SMILES string of the molecule is COc1ccc(C2C3=CCC4C(=O)N(Cc5cccs5)C(=O)C4C3CC3C(=O)N(c4cccc(Cl)c4)C(=O)C32c2ccccc2)cc1O. The number of methoxy groups -OCH3 is 1. The largest absolute Gasteiger partial charge is 0.504 e. The van der Waals surface area contributed by atoms with Crippen LogP contribution in [0.25, 0.3) is 0 Å². The van der Waals surface area contributed by atoms with E-state index in [1.807, 2.05) is 60.0 Å². The van der Waals surface area contributed by atoms with Gasteiger partial charge in [-0.15, -0.1) is 11.3 Å². The number of phenolic OH excluding ortho intramolecular Hbond substituents is 1. The van der Waals surface area contributed by atoms with Crippen LogP contribution < -0.4 is 9.64 Å². The van der Waals surface area contributed by atoms with Crippen LogP contribution in [-0.4, -0.2) is 40.7 Å². The molecule has 4 aromatic rings. The zero-order valence-corrected chi connectivity index (χ0v) is 27.5. The molecule has 4 amide bonds. The van der Waals surface area contributed by atoms with E-state index < -0.39 is 40.9 Å². The maximum Gasteiger partial charge on any atom is 0.246 e. The lowest BCUT2D eigenvalue weighted by Gasteiger charge is -2.50. The zero-order valence-electron chi connectivity index (χ0n) is 25.9. The normalized spacial score (nSPS) is 27.9. The summed E-state index contributed by atoms with van der Waals surface area (Å²) in [5.41, 5.74) is 1.04. The van der Waals surface area contributed by atoms with Crippen LogP contribution in [0, 0.1) is 23.7 Å². The number of hydrogen-bond acceptors (Lipinski definition) is 7. The molecule has 0 radical (unpaired) electrons. The number of halogens is 1. The summed E-state index contributed by atoms with van der Waals surface area (Å²) in [6, 6.07) is 24.8. The third kappa shape index (κ3) is 4.33. The number of hydrogen-bond donors (Lipinski definition) is 1. The summed E-state index contributed by atoms with van der Waals surface area (Å²) in [6.07, 6.45) is 2.54. The van der Waals surface area contributed by atoms with Gasteiger partial charge in [0.15, 0.2) is 11.5 Å². The van der Waals surface area contributed by atoms with E-state index in [1.165, 1.54) is 28.2 Å². The van der Waals surface area contributed by atoms with Crippen molar-refractivity contribution in [2.75, 3.05) is 12.0 Å². The lowest BCUT2D eigenvalue weighted by atomic mass is 9.49. The minimum atomic E-state index is -1.42. The number of allylic oxidation sites excluding steroid dienone is 2. The summed E-state index contributed by atoms with van der Waals surface area (Å²) < 4.78 is 5.36. The van der Waals surface area contributed by atoms with Crippen LogP contribution in [0.1, 0.15) is 34.8 Å². The van der Waals surface area contributed by atoms with Gasteiger partial charge in [0.05, 0.1) is 42.5 Å². The van der Waals surface area contributed by atoms with Crippen molar-refractivity contribution in [3.63, 3.8) is 0 Å². The average molecular weight is 679 g/mol. The second kappa shape index (κ2) is 11.5. The summed E-state index contributed by atoms with van der Waals surface area (Å²) >= 11 is 7.87. The molecule has 0 bridgehead atoms. The second-order valence-electron chi connectivity index (χ2n) is 12.9. The molecule has 2 aliphatic carbocycles. The fraction of sp³-hybridized carbons (Fsp3) is 0.263. The van der Waals surface area contributed by atoms with Crippen LogP contribution in [0.3, 0.4) is 0 Å². The van der Waals surface area contributed by atoms with Gasteiger partial charge in [0.1, 0.15) is 0 Å². The number of likely N-dealkylation sites (tertiary alicyclic amines) is 1. The van der Waals surface area contributed by atoms with Gasteiger partial charge in [0.2, 0.25) is 23.6 Å². The fourth-order valence-corrected chi connectivity index (χ4v) is 9.66. The molecule has 1 aromatic heterocycles. The van der Waals surface area contributed by atoms with Gasteiger partial charge >= 0.3 is 0 Å². The molecule has 3 heterocycles. The summed E-state index contributed by atoms with van der Waals surface area (Å²) in [6.45, 7) is 0.206. The minimum absolute atomic E-state index is 0.108. The van der Waals surface area contributed by atoms with Crippen molar-refractivity contribution in [1.29, 1.82) is 0 Å². The molecule has 0 spiro atoms. The van der Waals surface area contributed by atoms with Gasteiger partial charge < -0.3 is 9.84 Å². The van der Waals surface area contributed by atoms with E-state index in [4.69, 9.17) is 16.3 Å².